The van der Waals surface area contributed by atoms with Gasteiger partial charge in [0.15, 0.2) is 4.32 Å². The Balaban J connectivity index is 1.91. The molecule has 3 rings (SSSR count). The fourth-order valence-electron chi connectivity index (χ4n) is 2.11. The molecule has 0 unspecified atom stereocenters. The van der Waals surface area contributed by atoms with Crippen molar-refractivity contribution in [3.8, 4) is 0 Å². The number of nitrogens with zero attached hydrogens (tertiary/aromatic N) is 1. The average Bonchev–Trinajstić information content (AvgIpc) is 2.83. The van der Waals surface area contributed by atoms with Crippen molar-refractivity contribution in [2.45, 2.75) is 0 Å². The topological polar surface area (TPSA) is 37.4 Å². The van der Waals surface area contributed by atoms with E-state index in [4.69, 9.17) is 12.2 Å². The predicted molar refractivity (Wildman–Crippen MR) is 99.9 cm³/mol. The van der Waals surface area contributed by atoms with Crippen LogP contribution in [0.25, 0.3) is 6.08 Å². The van der Waals surface area contributed by atoms with E-state index in [-0.39, 0.29) is 10.1 Å². The van der Waals surface area contributed by atoms with Crippen molar-refractivity contribution in [3.63, 3.8) is 0 Å². The Morgan fingerprint density at radius 3 is 2.50 bits per heavy atom. The number of carbonyl (C=O) groups is 2. The third kappa shape index (κ3) is 3.33. The van der Waals surface area contributed by atoms with Crippen LogP contribution in [0, 0.1) is 5.82 Å². The Bertz CT molecular complexity index is 880. The normalized spacial score (nSPS) is 16.1. The molecule has 1 saturated heterocycles. The fourth-order valence-corrected chi connectivity index (χ4v) is 3.82. The van der Waals surface area contributed by atoms with Crippen molar-refractivity contribution < 1.29 is 14.0 Å². The van der Waals surface area contributed by atoms with Crippen LogP contribution in [-0.4, -0.2) is 21.0 Å². The molecule has 0 aromatic heterocycles. The number of thioether (sulfide) groups is 1. The maximum Gasteiger partial charge on any atom is 0.273 e. The van der Waals surface area contributed by atoms with Crippen LogP contribution in [0.1, 0.15) is 15.9 Å². The third-order valence-corrected chi connectivity index (χ3v) is 5.26. The second-order valence-corrected chi connectivity index (χ2v) is 7.38. The predicted octanol–water partition coefficient (Wildman–Crippen LogP) is 4.63. The molecule has 0 aliphatic carbocycles. The van der Waals surface area contributed by atoms with E-state index in [1.807, 2.05) is 0 Å². The number of amides is 2. The molecule has 1 fully saturated rings. The summed E-state index contributed by atoms with van der Waals surface area (Å²) in [5.74, 6) is -1.31. The van der Waals surface area contributed by atoms with Crippen molar-refractivity contribution >= 4 is 62.1 Å². The Morgan fingerprint density at radius 1 is 1.17 bits per heavy atom. The average molecular weight is 422 g/mol. The minimum absolute atomic E-state index is 0.175. The van der Waals surface area contributed by atoms with Crippen LogP contribution in [0.4, 0.5) is 4.39 Å². The first-order valence-electron chi connectivity index (χ1n) is 6.80. The Morgan fingerprint density at radius 2 is 1.83 bits per heavy atom. The van der Waals surface area contributed by atoms with Gasteiger partial charge in [0.1, 0.15) is 5.82 Å². The molecule has 2 amide bonds. The summed E-state index contributed by atoms with van der Waals surface area (Å²) in [7, 11) is 0. The van der Waals surface area contributed by atoms with Crippen molar-refractivity contribution in [2.75, 3.05) is 0 Å². The molecule has 1 aliphatic heterocycles. The highest BCUT2D eigenvalue weighted by molar-refractivity contribution is 9.10. The summed E-state index contributed by atoms with van der Waals surface area (Å²) >= 11 is 9.53. The van der Waals surface area contributed by atoms with E-state index < -0.39 is 11.8 Å². The first-order chi connectivity index (χ1) is 11.5. The molecule has 7 heteroatoms. The molecule has 2 aromatic rings. The quantitative estimate of drug-likeness (QED) is 0.402. The molecule has 2 aromatic carbocycles. The number of benzene rings is 2. The zero-order valence-corrected chi connectivity index (χ0v) is 15.3. The molecule has 3 nitrogen and oxygen atoms in total. The molecule has 0 spiro atoms. The first-order valence-corrected chi connectivity index (χ1v) is 8.81. The highest BCUT2D eigenvalue weighted by Crippen LogP contribution is 2.34. The lowest BCUT2D eigenvalue weighted by Gasteiger charge is -2.13. The van der Waals surface area contributed by atoms with E-state index in [1.165, 1.54) is 12.1 Å². The summed E-state index contributed by atoms with van der Waals surface area (Å²) in [6.45, 7) is 0. The van der Waals surface area contributed by atoms with Crippen LogP contribution in [0.3, 0.4) is 0 Å². The number of halogens is 2. The minimum atomic E-state index is -0.479. The van der Waals surface area contributed by atoms with Crippen molar-refractivity contribution in [2.24, 2.45) is 0 Å². The lowest BCUT2D eigenvalue weighted by molar-refractivity contribution is -0.120. The van der Waals surface area contributed by atoms with Gasteiger partial charge in [0.25, 0.3) is 11.8 Å². The minimum Gasteiger partial charge on any atom is -0.268 e. The highest BCUT2D eigenvalue weighted by Gasteiger charge is 2.37. The molecule has 0 bridgehead atoms. The van der Waals surface area contributed by atoms with Crippen LogP contribution >= 0.6 is 39.9 Å². The van der Waals surface area contributed by atoms with Gasteiger partial charge < -0.3 is 0 Å². The molecule has 0 atom stereocenters. The largest absolute Gasteiger partial charge is 0.273 e. The molecular weight excluding hydrogens is 413 g/mol. The van der Waals surface area contributed by atoms with E-state index in [0.29, 0.717) is 20.5 Å². The SMILES string of the molecule is O=C1C(=Cc2ccc(F)cc2)SC(=S)N1C(=O)c1ccccc1Br. The zero-order chi connectivity index (χ0) is 17.3. The van der Waals surface area contributed by atoms with E-state index >= 15 is 0 Å². The van der Waals surface area contributed by atoms with Gasteiger partial charge in [-0.25, -0.2) is 9.29 Å². The lowest BCUT2D eigenvalue weighted by atomic mass is 10.2. The smallest absolute Gasteiger partial charge is 0.268 e. The number of hydrogen-bond acceptors (Lipinski definition) is 4. The number of rotatable bonds is 2. The van der Waals surface area contributed by atoms with Crippen molar-refractivity contribution in [1.29, 1.82) is 0 Å². The second kappa shape index (κ2) is 6.96. The highest BCUT2D eigenvalue weighted by atomic mass is 79.9. The van der Waals surface area contributed by atoms with Crippen LogP contribution in [0.2, 0.25) is 0 Å². The van der Waals surface area contributed by atoms with Crippen LogP contribution in [-0.2, 0) is 4.79 Å². The molecule has 0 radical (unpaired) electrons. The van der Waals surface area contributed by atoms with E-state index in [2.05, 4.69) is 15.9 Å². The number of hydrogen-bond donors (Lipinski definition) is 0. The van der Waals surface area contributed by atoms with Crippen molar-refractivity contribution in [1.82, 2.24) is 4.90 Å². The summed E-state index contributed by atoms with van der Waals surface area (Å²) in [5, 5.41) is 0. The Hall–Kier alpha value is -1.83. The maximum absolute atomic E-state index is 13.0. The standard InChI is InChI=1S/C17H9BrFNO2S2/c18-13-4-2-1-3-12(13)15(21)20-16(22)14(24-17(20)23)9-10-5-7-11(19)8-6-10/h1-9H. The summed E-state index contributed by atoms with van der Waals surface area (Å²) in [4.78, 5) is 26.5. The summed E-state index contributed by atoms with van der Waals surface area (Å²) < 4.78 is 13.7. The maximum atomic E-state index is 13.0. The van der Waals surface area contributed by atoms with Gasteiger partial charge in [-0.1, -0.05) is 48.2 Å². The monoisotopic (exact) mass is 421 g/mol. The number of thiocarbonyl (C=S) groups is 1. The van der Waals surface area contributed by atoms with E-state index in [0.717, 1.165) is 16.7 Å². The second-order valence-electron chi connectivity index (χ2n) is 4.85. The number of imide groups is 1. The van der Waals surface area contributed by atoms with Gasteiger partial charge >= 0.3 is 0 Å². The van der Waals surface area contributed by atoms with E-state index in [1.54, 1.807) is 42.5 Å². The summed E-state index contributed by atoms with van der Waals surface area (Å²) in [6, 6.07) is 12.5. The lowest BCUT2D eigenvalue weighted by Crippen LogP contribution is -2.34. The van der Waals surface area contributed by atoms with Gasteiger partial charge in [-0.3, -0.25) is 9.59 Å². The molecule has 1 heterocycles. The third-order valence-electron chi connectivity index (χ3n) is 3.27. The van der Waals surface area contributed by atoms with Crippen LogP contribution in [0.5, 0.6) is 0 Å². The molecule has 1 aliphatic rings. The van der Waals surface area contributed by atoms with Gasteiger partial charge in [0.2, 0.25) is 0 Å². The molecule has 0 saturated carbocycles. The van der Waals surface area contributed by atoms with Gasteiger partial charge in [0.05, 0.1) is 10.5 Å². The van der Waals surface area contributed by atoms with Gasteiger partial charge in [-0.2, -0.15) is 0 Å². The van der Waals surface area contributed by atoms with Gasteiger partial charge in [-0.15, -0.1) is 0 Å². The van der Waals surface area contributed by atoms with Crippen LogP contribution in [0.15, 0.2) is 57.9 Å². The zero-order valence-electron chi connectivity index (χ0n) is 12.0. The number of carbonyl (C=O) groups excluding carboxylic acids is 2. The molecule has 24 heavy (non-hydrogen) atoms. The Labute approximate surface area is 155 Å². The van der Waals surface area contributed by atoms with Gasteiger partial charge in [-0.05, 0) is 51.8 Å². The molecule has 0 N–H and O–H groups in total. The van der Waals surface area contributed by atoms with E-state index in [9.17, 15) is 14.0 Å². The fraction of sp³-hybridized carbons (Fsp3) is 0. The molecular formula is C17H9BrFNO2S2. The summed E-state index contributed by atoms with van der Waals surface area (Å²) in [6.07, 6.45) is 1.59. The molecule has 120 valence electrons. The summed E-state index contributed by atoms with van der Waals surface area (Å²) in [5.41, 5.74) is 1.02. The van der Waals surface area contributed by atoms with Crippen molar-refractivity contribution in [3.05, 3.63) is 74.9 Å². The first kappa shape index (κ1) is 17.0. The van der Waals surface area contributed by atoms with Gasteiger partial charge in [0, 0.05) is 4.47 Å². The van der Waals surface area contributed by atoms with Crippen LogP contribution < -0.4 is 0 Å². The Kier molecular flexibility index (Phi) is 4.93.